The summed E-state index contributed by atoms with van der Waals surface area (Å²) in [5.41, 5.74) is 4.65. The molecule has 2 N–H and O–H groups in total. The molecule has 5 aromatic rings. The van der Waals surface area contributed by atoms with Crippen molar-refractivity contribution in [3.63, 3.8) is 0 Å². The number of nitrogens with one attached hydrogen (secondary N) is 1. The monoisotopic (exact) mass is 902 g/mol. The van der Waals surface area contributed by atoms with E-state index in [0.29, 0.717) is 24.5 Å². The van der Waals surface area contributed by atoms with Crippen molar-refractivity contribution in [1.29, 1.82) is 0 Å². The number of aliphatic carboxylic acids is 1. The van der Waals surface area contributed by atoms with E-state index in [1.54, 1.807) is 35.1 Å². The molecule has 0 spiro atoms. The first kappa shape index (κ1) is 50.4. The van der Waals surface area contributed by atoms with Gasteiger partial charge in [-0.15, -0.1) is 0 Å². The van der Waals surface area contributed by atoms with Gasteiger partial charge in [0, 0.05) is 18.9 Å². The van der Waals surface area contributed by atoms with Gasteiger partial charge in [0.15, 0.2) is 11.2 Å². The van der Waals surface area contributed by atoms with Crippen molar-refractivity contribution in [2.45, 2.75) is 137 Å². The van der Waals surface area contributed by atoms with Gasteiger partial charge >= 0.3 is 23.7 Å². The third kappa shape index (κ3) is 14.4. The Morgan fingerprint density at radius 2 is 1.11 bits per heavy atom. The van der Waals surface area contributed by atoms with Crippen LogP contribution >= 0.6 is 0 Å². The van der Waals surface area contributed by atoms with E-state index in [0.717, 1.165) is 65.6 Å². The second kappa shape index (κ2) is 21.6. The topological polar surface area (TPSA) is 158 Å². The van der Waals surface area contributed by atoms with Crippen LogP contribution in [-0.4, -0.2) is 65.9 Å². The summed E-state index contributed by atoms with van der Waals surface area (Å²) in [6, 6.07) is 30.3. The molecule has 0 aliphatic carbocycles. The molecule has 1 atom stereocenters. The SMILES string of the molecule is Cc1ccc(CN2C(=O)NC(CCCc3ccc(OC(C)(C)C(=O)OC(C)(C)C)cc3)C2=O)cc1.Cc1ccc(Cn2cc(CCCc3ccc(OC(C)(C)C(=O)O)cc3)n(C)c2=O)cc1. The standard InChI is InChI=1S/C28H36N2O5.C25H30N2O4/c1-19-10-12-21(13-11-19)18-30-24(31)23(29-26(30)33)9-7-8-20-14-16-22(17-15-20)34-28(5,6)25(32)35-27(2,3)4;1-18-8-10-20(11-9-18)16-27-17-21(26(4)24(27)30)7-5-6-19-12-14-22(15-13-19)31-25(2,3)23(28)29/h10-17,23H,7-9,18H2,1-6H3,(H,29,33);8-15,17H,5-7,16H2,1-4H3,(H,28,29). The molecule has 2 heterocycles. The van der Waals surface area contributed by atoms with E-state index in [2.05, 4.69) is 29.6 Å². The zero-order valence-corrected chi connectivity index (χ0v) is 40.1. The van der Waals surface area contributed by atoms with Crippen LogP contribution < -0.4 is 20.5 Å². The molecular formula is C53H66N4O9. The minimum Gasteiger partial charge on any atom is -0.478 e. The first-order chi connectivity index (χ1) is 31.0. The predicted molar refractivity (Wildman–Crippen MR) is 255 cm³/mol. The van der Waals surface area contributed by atoms with Gasteiger partial charge in [-0.2, -0.15) is 0 Å². The largest absolute Gasteiger partial charge is 0.478 e. The Kier molecular flexibility index (Phi) is 16.5. The van der Waals surface area contributed by atoms with Gasteiger partial charge in [-0.05, 0) is 147 Å². The lowest BCUT2D eigenvalue weighted by Crippen LogP contribution is -2.43. The fourth-order valence-electron chi connectivity index (χ4n) is 7.18. The zero-order chi connectivity index (χ0) is 48.4. The lowest BCUT2D eigenvalue weighted by atomic mass is 10.0. The molecule has 66 heavy (non-hydrogen) atoms. The molecule has 1 aromatic heterocycles. The quantitative estimate of drug-likeness (QED) is 0.0647. The van der Waals surface area contributed by atoms with Crippen molar-refractivity contribution in [2.24, 2.45) is 7.05 Å². The van der Waals surface area contributed by atoms with Crippen LogP contribution in [0.25, 0.3) is 0 Å². The number of rotatable bonds is 18. The maximum Gasteiger partial charge on any atom is 0.350 e. The van der Waals surface area contributed by atoms with E-state index in [1.165, 1.54) is 24.3 Å². The predicted octanol–water partition coefficient (Wildman–Crippen LogP) is 8.90. The summed E-state index contributed by atoms with van der Waals surface area (Å²) >= 11 is 0. The van der Waals surface area contributed by atoms with Gasteiger partial charge in [0.05, 0.1) is 13.1 Å². The van der Waals surface area contributed by atoms with Gasteiger partial charge in [-0.25, -0.2) is 19.2 Å². The molecule has 1 fully saturated rings. The summed E-state index contributed by atoms with van der Waals surface area (Å²) in [5, 5.41) is 12.0. The normalized spacial score (nSPS) is 14.0. The van der Waals surface area contributed by atoms with E-state index in [9.17, 15) is 24.0 Å². The van der Waals surface area contributed by atoms with Crippen LogP contribution in [0.2, 0.25) is 0 Å². The van der Waals surface area contributed by atoms with E-state index in [1.807, 2.05) is 109 Å². The third-order valence-corrected chi connectivity index (χ3v) is 11.2. The van der Waals surface area contributed by atoms with Crippen molar-refractivity contribution in [3.8, 4) is 11.5 Å². The summed E-state index contributed by atoms with van der Waals surface area (Å²) in [7, 11) is 1.82. The molecule has 4 aromatic carbocycles. The van der Waals surface area contributed by atoms with Crippen molar-refractivity contribution in [1.82, 2.24) is 19.4 Å². The van der Waals surface area contributed by atoms with Crippen molar-refractivity contribution in [3.05, 3.63) is 153 Å². The Balaban J connectivity index is 0.000000249. The van der Waals surface area contributed by atoms with Gasteiger partial charge in [0.25, 0.3) is 5.91 Å². The van der Waals surface area contributed by atoms with Crippen LogP contribution in [0.1, 0.15) is 107 Å². The van der Waals surface area contributed by atoms with Crippen molar-refractivity contribution >= 4 is 23.9 Å². The molecule has 0 bridgehead atoms. The van der Waals surface area contributed by atoms with Gasteiger partial charge in [-0.1, -0.05) is 83.9 Å². The number of carbonyl (C=O) groups excluding carboxylic acids is 3. The fraction of sp³-hybridized carbons (Fsp3) is 0.415. The Labute approximate surface area is 388 Å². The lowest BCUT2D eigenvalue weighted by molar-refractivity contribution is -0.171. The lowest BCUT2D eigenvalue weighted by Gasteiger charge is -2.29. The molecule has 13 nitrogen and oxygen atoms in total. The summed E-state index contributed by atoms with van der Waals surface area (Å²) in [6.07, 6.45) is 6.59. The molecule has 0 radical (unpaired) electrons. The van der Waals surface area contributed by atoms with Gasteiger partial charge < -0.3 is 24.6 Å². The van der Waals surface area contributed by atoms with E-state index in [4.69, 9.17) is 19.3 Å². The maximum absolute atomic E-state index is 12.7. The van der Waals surface area contributed by atoms with Crippen LogP contribution in [0, 0.1) is 13.8 Å². The number of carboxylic acid groups (broad SMARTS) is 1. The van der Waals surface area contributed by atoms with Crippen LogP contribution in [-0.2, 0) is 58.5 Å². The van der Waals surface area contributed by atoms with Gasteiger partial charge in [0.1, 0.15) is 23.1 Å². The van der Waals surface area contributed by atoms with Crippen LogP contribution in [0.5, 0.6) is 11.5 Å². The number of aromatic nitrogens is 2. The molecule has 1 aliphatic heterocycles. The maximum atomic E-state index is 12.7. The minimum absolute atomic E-state index is 0.00174. The average Bonchev–Trinajstić information content (AvgIpc) is 3.67. The highest BCUT2D eigenvalue weighted by molar-refractivity contribution is 6.04. The summed E-state index contributed by atoms with van der Waals surface area (Å²) in [5.74, 6) is -0.490. The molecule has 1 aliphatic rings. The summed E-state index contributed by atoms with van der Waals surface area (Å²) in [6.45, 7) is 16.8. The van der Waals surface area contributed by atoms with Gasteiger partial charge in [0.2, 0.25) is 0 Å². The second-order valence-electron chi connectivity index (χ2n) is 19.1. The average molecular weight is 903 g/mol. The number of esters is 1. The highest BCUT2D eigenvalue weighted by Gasteiger charge is 2.38. The Morgan fingerprint density at radius 1 is 0.636 bits per heavy atom. The third-order valence-electron chi connectivity index (χ3n) is 11.2. The number of carboxylic acids is 1. The molecule has 352 valence electrons. The molecule has 6 rings (SSSR count). The second-order valence-corrected chi connectivity index (χ2v) is 19.1. The Hall–Kier alpha value is -6.63. The highest BCUT2D eigenvalue weighted by atomic mass is 16.6. The molecule has 1 unspecified atom stereocenters. The summed E-state index contributed by atoms with van der Waals surface area (Å²) in [4.78, 5) is 62.5. The number of carbonyl (C=O) groups is 4. The number of aryl methyl sites for hydroxylation is 5. The first-order valence-corrected chi connectivity index (χ1v) is 22.5. The van der Waals surface area contributed by atoms with Crippen molar-refractivity contribution < 1.29 is 38.5 Å². The van der Waals surface area contributed by atoms with Crippen molar-refractivity contribution in [2.75, 3.05) is 0 Å². The number of benzene rings is 4. The number of ether oxygens (including phenoxy) is 3. The van der Waals surface area contributed by atoms with E-state index >= 15 is 0 Å². The zero-order valence-electron chi connectivity index (χ0n) is 40.1. The smallest absolute Gasteiger partial charge is 0.350 e. The number of amides is 3. The Bertz CT molecular complexity index is 2490. The number of imidazole rings is 1. The number of imide groups is 1. The van der Waals surface area contributed by atoms with Crippen LogP contribution in [0.4, 0.5) is 4.79 Å². The number of urea groups is 1. The van der Waals surface area contributed by atoms with Gasteiger partial charge in [-0.3, -0.25) is 18.8 Å². The van der Waals surface area contributed by atoms with Crippen LogP contribution in [0.15, 0.2) is 108 Å². The molecule has 0 saturated carbocycles. The Morgan fingerprint density at radius 3 is 1.61 bits per heavy atom. The van der Waals surface area contributed by atoms with E-state index in [-0.39, 0.29) is 24.2 Å². The van der Waals surface area contributed by atoms with E-state index < -0.39 is 34.8 Å². The molecule has 3 amide bonds. The fourth-order valence-corrected chi connectivity index (χ4v) is 7.18. The molecular weight excluding hydrogens is 837 g/mol. The van der Waals surface area contributed by atoms with Crippen LogP contribution in [0.3, 0.4) is 0 Å². The number of hydrogen-bond acceptors (Lipinski definition) is 8. The first-order valence-electron chi connectivity index (χ1n) is 22.5. The minimum atomic E-state index is -1.27. The highest BCUT2D eigenvalue weighted by Crippen LogP contribution is 2.24. The summed E-state index contributed by atoms with van der Waals surface area (Å²) < 4.78 is 20.3. The molecule has 1 saturated heterocycles. The number of hydrogen-bond donors (Lipinski definition) is 2. The number of nitrogens with zero attached hydrogens (tertiary/aromatic N) is 3. The molecule has 13 heteroatoms.